The van der Waals surface area contributed by atoms with Crippen LogP contribution < -0.4 is 14.8 Å². The standard InChI is InChI=1S/C21H19ClN2O4S/c1-15(24-29(26,27)18-13-11-16(22)12-14-18)21(25)23-19-9-5-6-10-20(19)28-17-7-3-2-4-8-17/h2-15,24H,1H3,(H,23,25)/t15-/m1/s1. The largest absolute Gasteiger partial charge is 0.455 e. The van der Waals surface area contributed by atoms with E-state index in [0.717, 1.165) is 0 Å². The molecule has 0 fully saturated rings. The molecule has 0 saturated carbocycles. The van der Waals surface area contributed by atoms with Gasteiger partial charge in [0.2, 0.25) is 15.9 Å². The van der Waals surface area contributed by atoms with E-state index >= 15 is 0 Å². The quantitative estimate of drug-likeness (QED) is 0.580. The molecule has 3 rings (SSSR count). The lowest BCUT2D eigenvalue weighted by molar-refractivity contribution is -0.117. The minimum Gasteiger partial charge on any atom is -0.455 e. The van der Waals surface area contributed by atoms with Gasteiger partial charge in [-0.3, -0.25) is 4.79 Å². The molecular weight excluding hydrogens is 412 g/mol. The molecule has 0 spiro atoms. The fraction of sp³-hybridized carbons (Fsp3) is 0.0952. The maximum absolute atomic E-state index is 12.6. The van der Waals surface area contributed by atoms with Crippen molar-refractivity contribution in [3.05, 3.63) is 83.9 Å². The lowest BCUT2D eigenvalue weighted by Crippen LogP contribution is -2.41. The van der Waals surface area contributed by atoms with Gasteiger partial charge in [-0.25, -0.2) is 8.42 Å². The highest BCUT2D eigenvalue weighted by molar-refractivity contribution is 7.89. The summed E-state index contributed by atoms with van der Waals surface area (Å²) in [6.07, 6.45) is 0. The molecule has 0 unspecified atom stereocenters. The van der Waals surface area contributed by atoms with E-state index in [4.69, 9.17) is 16.3 Å². The molecule has 150 valence electrons. The summed E-state index contributed by atoms with van der Waals surface area (Å²) in [6.45, 7) is 1.46. The maximum atomic E-state index is 12.6. The van der Waals surface area contributed by atoms with Gasteiger partial charge in [0.25, 0.3) is 0 Å². The molecule has 29 heavy (non-hydrogen) atoms. The number of carbonyl (C=O) groups is 1. The Hall–Kier alpha value is -2.87. The van der Waals surface area contributed by atoms with Crippen LogP contribution in [-0.4, -0.2) is 20.4 Å². The summed E-state index contributed by atoms with van der Waals surface area (Å²) in [5, 5.41) is 3.12. The Kier molecular flexibility index (Phi) is 6.53. The molecule has 3 aromatic carbocycles. The van der Waals surface area contributed by atoms with Gasteiger partial charge in [0, 0.05) is 5.02 Å². The van der Waals surface area contributed by atoms with Crippen molar-refractivity contribution < 1.29 is 17.9 Å². The molecule has 1 amide bonds. The van der Waals surface area contributed by atoms with Gasteiger partial charge in [-0.2, -0.15) is 4.72 Å². The van der Waals surface area contributed by atoms with Crippen LogP contribution in [-0.2, 0) is 14.8 Å². The van der Waals surface area contributed by atoms with Crippen molar-refractivity contribution in [2.75, 3.05) is 5.32 Å². The van der Waals surface area contributed by atoms with Gasteiger partial charge in [-0.15, -0.1) is 0 Å². The monoisotopic (exact) mass is 430 g/mol. The van der Waals surface area contributed by atoms with Gasteiger partial charge >= 0.3 is 0 Å². The second kappa shape index (κ2) is 9.09. The molecule has 0 aliphatic heterocycles. The van der Waals surface area contributed by atoms with Crippen LogP contribution >= 0.6 is 11.6 Å². The smallest absolute Gasteiger partial charge is 0.242 e. The third kappa shape index (κ3) is 5.57. The van der Waals surface area contributed by atoms with Crippen molar-refractivity contribution in [2.45, 2.75) is 17.9 Å². The van der Waals surface area contributed by atoms with Crippen LogP contribution in [0.4, 0.5) is 5.69 Å². The third-order valence-corrected chi connectivity index (χ3v) is 5.77. The SMILES string of the molecule is C[C@@H](NS(=O)(=O)c1ccc(Cl)cc1)C(=O)Nc1ccccc1Oc1ccccc1. The molecule has 1 atom stereocenters. The predicted octanol–water partition coefficient (Wildman–Crippen LogP) is 4.44. The Balaban J connectivity index is 1.71. The number of benzene rings is 3. The summed E-state index contributed by atoms with van der Waals surface area (Å²) in [4.78, 5) is 12.6. The zero-order chi connectivity index (χ0) is 20.9. The molecule has 3 aromatic rings. The Bertz CT molecular complexity index is 1090. The molecule has 0 saturated heterocycles. The van der Waals surface area contributed by atoms with E-state index in [9.17, 15) is 13.2 Å². The number of amides is 1. The predicted molar refractivity (Wildman–Crippen MR) is 113 cm³/mol. The van der Waals surface area contributed by atoms with Gasteiger partial charge in [-0.1, -0.05) is 41.9 Å². The molecule has 6 nitrogen and oxygen atoms in total. The number of carbonyl (C=O) groups excluding carboxylic acids is 1. The fourth-order valence-electron chi connectivity index (χ4n) is 2.48. The van der Waals surface area contributed by atoms with E-state index in [1.165, 1.54) is 31.2 Å². The fourth-order valence-corrected chi connectivity index (χ4v) is 3.81. The van der Waals surface area contributed by atoms with Crippen molar-refractivity contribution in [1.82, 2.24) is 4.72 Å². The first-order valence-corrected chi connectivity index (χ1v) is 10.6. The Labute approximate surface area is 174 Å². The van der Waals surface area contributed by atoms with E-state index in [0.29, 0.717) is 22.2 Å². The van der Waals surface area contributed by atoms with Crippen LogP contribution in [0.25, 0.3) is 0 Å². The van der Waals surface area contributed by atoms with Gasteiger partial charge in [0.1, 0.15) is 5.75 Å². The Morgan fingerprint density at radius 1 is 0.931 bits per heavy atom. The van der Waals surface area contributed by atoms with E-state index in [2.05, 4.69) is 10.0 Å². The second-order valence-electron chi connectivity index (χ2n) is 6.20. The van der Waals surface area contributed by atoms with Crippen molar-refractivity contribution in [3.63, 3.8) is 0 Å². The molecule has 0 aliphatic rings. The minimum absolute atomic E-state index is 0.0226. The molecule has 0 aliphatic carbocycles. The third-order valence-electron chi connectivity index (χ3n) is 3.97. The van der Waals surface area contributed by atoms with Crippen LogP contribution in [0.3, 0.4) is 0 Å². The lowest BCUT2D eigenvalue weighted by atomic mass is 10.2. The number of nitrogens with one attached hydrogen (secondary N) is 2. The molecule has 2 N–H and O–H groups in total. The average molecular weight is 431 g/mol. The van der Waals surface area contributed by atoms with Crippen molar-refractivity contribution in [1.29, 1.82) is 0 Å². The van der Waals surface area contributed by atoms with Crippen molar-refractivity contribution in [2.24, 2.45) is 0 Å². The summed E-state index contributed by atoms with van der Waals surface area (Å²) < 4.78 is 33.1. The first kappa shape index (κ1) is 20.9. The first-order valence-electron chi connectivity index (χ1n) is 8.76. The zero-order valence-electron chi connectivity index (χ0n) is 15.5. The van der Waals surface area contributed by atoms with E-state index < -0.39 is 22.0 Å². The van der Waals surface area contributed by atoms with Crippen LogP contribution in [0.1, 0.15) is 6.92 Å². The number of hydrogen-bond donors (Lipinski definition) is 2. The molecule has 0 aromatic heterocycles. The lowest BCUT2D eigenvalue weighted by Gasteiger charge is -2.16. The maximum Gasteiger partial charge on any atom is 0.242 e. The molecule has 0 heterocycles. The molecule has 0 radical (unpaired) electrons. The highest BCUT2D eigenvalue weighted by Crippen LogP contribution is 2.29. The zero-order valence-corrected chi connectivity index (χ0v) is 17.1. The van der Waals surface area contributed by atoms with Crippen LogP contribution in [0.5, 0.6) is 11.5 Å². The summed E-state index contributed by atoms with van der Waals surface area (Å²) in [5.41, 5.74) is 0.430. The summed E-state index contributed by atoms with van der Waals surface area (Å²) >= 11 is 5.79. The Morgan fingerprint density at radius 3 is 2.24 bits per heavy atom. The number of para-hydroxylation sites is 3. The first-order chi connectivity index (χ1) is 13.8. The van der Waals surface area contributed by atoms with Gasteiger partial charge in [-0.05, 0) is 55.5 Å². The topological polar surface area (TPSA) is 84.5 Å². The summed E-state index contributed by atoms with van der Waals surface area (Å²) in [6, 6.07) is 20.7. The molecule has 8 heteroatoms. The van der Waals surface area contributed by atoms with E-state index in [1.54, 1.807) is 36.4 Å². The number of anilines is 1. The normalized spacial score (nSPS) is 12.2. The summed E-state index contributed by atoms with van der Waals surface area (Å²) in [5.74, 6) is 0.539. The van der Waals surface area contributed by atoms with Crippen LogP contribution in [0.15, 0.2) is 83.8 Å². The highest BCUT2D eigenvalue weighted by atomic mass is 35.5. The van der Waals surface area contributed by atoms with Crippen LogP contribution in [0, 0.1) is 0 Å². The minimum atomic E-state index is -3.87. The summed E-state index contributed by atoms with van der Waals surface area (Å²) in [7, 11) is -3.87. The number of hydrogen-bond acceptors (Lipinski definition) is 4. The van der Waals surface area contributed by atoms with Crippen molar-refractivity contribution in [3.8, 4) is 11.5 Å². The highest BCUT2D eigenvalue weighted by Gasteiger charge is 2.22. The molecular formula is C21H19ClN2O4S. The van der Waals surface area contributed by atoms with Gasteiger partial charge < -0.3 is 10.1 Å². The second-order valence-corrected chi connectivity index (χ2v) is 8.35. The number of ether oxygens (including phenoxy) is 1. The van der Waals surface area contributed by atoms with E-state index in [1.807, 2.05) is 18.2 Å². The van der Waals surface area contributed by atoms with Crippen molar-refractivity contribution >= 4 is 33.2 Å². The number of halogens is 1. The number of rotatable bonds is 7. The molecule has 0 bridgehead atoms. The van der Waals surface area contributed by atoms with Gasteiger partial charge in [0.05, 0.1) is 16.6 Å². The number of sulfonamides is 1. The van der Waals surface area contributed by atoms with Gasteiger partial charge in [0.15, 0.2) is 5.75 Å². The Morgan fingerprint density at radius 2 is 1.55 bits per heavy atom. The van der Waals surface area contributed by atoms with Crippen LogP contribution in [0.2, 0.25) is 5.02 Å². The average Bonchev–Trinajstić information content (AvgIpc) is 2.70. The van der Waals surface area contributed by atoms with E-state index in [-0.39, 0.29) is 4.90 Å².